The molecule has 0 fully saturated rings. The minimum Gasteiger partial charge on any atom is -0.348 e. The van der Waals surface area contributed by atoms with Crippen molar-refractivity contribution in [2.45, 2.75) is 17.4 Å². The summed E-state index contributed by atoms with van der Waals surface area (Å²) in [5.74, 6) is -0.384. The van der Waals surface area contributed by atoms with Crippen LogP contribution in [0.15, 0.2) is 41.4 Å². The van der Waals surface area contributed by atoms with E-state index >= 15 is 0 Å². The Hall–Kier alpha value is -2.12. The Morgan fingerprint density at radius 2 is 2.20 bits per heavy atom. The molecule has 0 spiro atoms. The summed E-state index contributed by atoms with van der Waals surface area (Å²) in [4.78, 5) is 28.6. The number of carbonyl (C=O) groups excluding carboxylic acids is 2. The van der Waals surface area contributed by atoms with Crippen molar-refractivity contribution in [3.63, 3.8) is 0 Å². The molecule has 2 aromatic rings. The van der Waals surface area contributed by atoms with Crippen LogP contribution in [0.3, 0.4) is 0 Å². The third kappa shape index (κ3) is 4.29. The molecule has 1 aliphatic rings. The van der Waals surface area contributed by atoms with Crippen LogP contribution in [0.2, 0.25) is 5.02 Å². The molecule has 2 amide bonds. The number of fused-ring (bicyclic) bond motifs is 1. The van der Waals surface area contributed by atoms with E-state index in [1.165, 1.54) is 30.1 Å². The van der Waals surface area contributed by atoms with Gasteiger partial charge in [0.2, 0.25) is 5.91 Å². The van der Waals surface area contributed by atoms with Crippen molar-refractivity contribution in [3.8, 4) is 0 Å². The summed E-state index contributed by atoms with van der Waals surface area (Å²) in [7, 11) is 0. The molecule has 0 bridgehead atoms. The SMILES string of the molecule is O=C(CNC(=O)c1cc(Cl)ccn1)N[C@@H]1CCSc2c(F)cccc21. The minimum absolute atomic E-state index is 0.141. The summed E-state index contributed by atoms with van der Waals surface area (Å²) in [6.07, 6.45) is 2.12. The number of nitrogens with zero attached hydrogens (tertiary/aromatic N) is 1. The van der Waals surface area contributed by atoms with E-state index in [1.54, 1.807) is 12.1 Å². The highest BCUT2D eigenvalue weighted by Gasteiger charge is 2.24. The molecule has 2 N–H and O–H groups in total. The Bertz CT molecular complexity index is 818. The van der Waals surface area contributed by atoms with Gasteiger partial charge in [-0.3, -0.25) is 14.6 Å². The van der Waals surface area contributed by atoms with E-state index in [9.17, 15) is 14.0 Å². The Morgan fingerprint density at radius 1 is 1.36 bits per heavy atom. The van der Waals surface area contributed by atoms with Crippen LogP contribution in [0.25, 0.3) is 0 Å². The van der Waals surface area contributed by atoms with Gasteiger partial charge in [-0.2, -0.15) is 0 Å². The highest BCUT2D eigenvalue weighted by Crippen LogP contribution is 2.37. The van der Waals surface area contributed by atoms with Gasteiger partial charge in [0.15, 0.2) is 0 Å². The van der Waals surface area contributed by atoms with E-state index in [0.717, 1.165) is 11.3 Å². The third-order valence-corrected chi connectivity index (χ3v) is 5.12. The maximum atomic E-state index is 13.8. The van der Waals surface area contributed by atoms with Crippen LogP contribution in [-0.4, -0.2) is 29.1 Å². The van der Waals surface area contributed by atoms with Gasteiger partial charge >= 0.3 is 0 Å². The molecule has 0 aliphatic carbocycles. The number of hydrogen-bond acceptors (Lipinski definition) is 4. The van der Waals surface area contributed by atoms with Crippen molar-refractivity contribution in [1.82, 2.24) is 15.6 Å². The number of amides is 2. The monoisotopic (exact) mass is 379 g/mol. The molecular weight excluding hydrogens is 365 g/mol. The van der Waals surface area contributed by atoms with Crippen LogP contribution in [0.4, 0.5) is 4.39 Å². The predicted octanol–water partition coefficient (Wildman–Crippen LogP) is 2.96. The summed E-state index contributed by atoms with van der Waals surface area (Å²) in [5, 5.41) is 5.73. The molecule has 1 aromatic carbocycles. The van der Waals surface area contributed by atoms with E-state index in [2.05, 4.69) is 15.6 Å². The quantitative estimate of drug-likeness (QED) is 0.856. The molecule has 8 heteroatoms. The largest absolute Gasteiger partial charge is 0.348 e. The molecule has 25 heavy (non-hydrogen) atoms. The smallest absolute Gasteiger partial charge is 0.270 e. The predicted molar refractivity (Wildman–Crippen MR) is 94.2 cm³/mol. The van der Waals surface area contributed by atoms with Gasteiger partial charge in [-0.15, -0.1) is 11.8 Å². The number of halogens is 2. The molecule has 1 atom stereocenters. The number of carbonyl (C=O) groups is 2. The first-order valence-electron chi connectivity index (χ1n) is 7.65. The average Bonchev–Trinajstić information content (AvgIpc) is 2.60. The Labute approximate surface area is 153 Å². The zero-order valence-electron chi connectivity index (χ0n) is 13.1. The Balaban J connectivity index is 1.59. The van der Waals surface area contributed by atoms with Gasteiger partial charge < -0.3 is 10.6 Å². The molecule has 0 saturated carbocycles. The number of thioether (sulfide) groups is 1. The van der Waals surface area contributed by atoms with Gasteiger partial charge in [-0.25, -0.2) is 4.39 Å². The summed E-state index contributed by atoms with van der Waals surface area (Å²) >= 11 is 7.26. The number of nitrogens with one attached hydrogen (secondary N) is 2. The second-order valence-electron chi connectivity index (χ2n) is 5.46. The molecule has 5 nitrogen and oxygen atoms in total. The lowest BCUT2D eigenvalue weighted by molar-refractivity contribution is -0.120. The van der Waals surface area contributed by atoms with Crippen molar-refractivity contribution in [2.24, 2.45) is 0 Å². The molecule has 130 valence electrons. The molecule has 1 aromatic heterocycles. The van der Waals surface area contributed by atoms with E-state index in [0.29, 0.717) is 16.3 Å². The average molecular weight is 380 g/mol. The maximum Gasteiger partial charge on any atom is 0.270 e. The van der Waals surface area contributed by atoms with E-state index < -0.39 is 5.91 Å². The van der Waals surface area contributed by atoms with Crippen LogP contribution in [0.1, 0.15) is 28.5 Å². The molecule has 0 radical (unpaired) electrons. The molecule has 0 unspecified atom stereocenters. The van der Waals surface area contributed by atoms with Gasteiger partial charge in [0.25, 0.3) is 5.91 Å². The zero-order valence-corrected chi connectivity index (χ0v) is 14.7. The maximum absolute atomic E-state index is 13.8. The molecule has 3 rings (SSSR count). The highest BCUT2D eigenvalue weighted by molar-refractivity contribution is 7.99. The van der Waals surface area contributed by atoms with Gasteiger partial charge in [0.1, 0.15) is 11.5 Å². The normalized spacial score (nSPS) is 16.0. The van der Waals surface area contributed by atoms with Crippen molar-refractivity contribution >= 4 is 35.2 Å². The fraction of sp³-hybridized carbons (Fsp3) is 0.235. The molecule has 1 aliphatic heterocycles. The summed E-state index contributed by atoms with van der Waals surface area (Å²) in [5.41, 5.74) is 0.911. The topological polar surface area (TPSA) is 71.1 Å². The molecule has 2 heterocycles. The van der Waals surface area contributed by atoms with Crippen LogP contribution < -0.4 is 10.6 Å². The highest BCUT2D eigenvalue weighted by atomic mass is 35.5. The lowest BCUT2D eigenvalue weighted by atomic mass is 10.0. The van der Waals surface area contributed by atoms with Gasteiger partial charge in [0, 0.05) is 21.9 Å². The van der Waals surface area contributed by atoms with Crippen molar-refractivity contribution in [1.29, 1.82) is 0 Å². The third-order valence-electron chi connectivity index (χ3n) is 3.73. The van der Waals surface area contributed by atoms with Crippen molar-refractivity contribution in [3.05, 3.63) is 58.6 Å². The first-order chi connectivity index (χ1) is 12.0. The van der Waals surface area contributed by atoms with E-state index in [4.69, 9.17) is 11.6 Å². The first-order valence-corrected chi connectivity index (χ1v) is 9.01. The van der Waals surface area contributed by atoms with Crippen molar-refractivity contribution in [2.75, 3.05) is 12.3 Å². The molecular formula is C17H15ClFN3O2S. The van der Waals surface area contributed by atoms with Crippen LogP contribution in [0, 0.1) is 5.82 Å². The second-order valence-corrected chi connectivity index (χ2v) is 7.00. The van der Waals surface area contributed by atoms with Gasteiger partial charge in [-0.1, -0.05) is 23.7 Å². The lowest BCUT2D eigenvalue weighted by Gasteiger charge is -2.26. The van der Waals surface area contributed by atoms with E-state index in [1.807, 2.05) is 6.07 Å². The van der Waals surface area contributed by atoms with Crippen LogP contribution in [-0.2, 0) is 4.79 Å². The summed E-state index contributed by atoms with van der Waals surface area (Å²) < 4.78 is 13.8. The van der Waals surface area contributed by atoms with E-state index in [-0.39, 0.29) is 30.0 Å². The summed E-state index contributed by atoms with van der Waals surface area (Å²) in [6.45, 7) is -0.193. The Morgan fingerprint density at radius 3 is 3.00 bits per heavy atom. The zero-order chi connectivity index (χ0) is 17.8. The fourth-order valence-corrected chi connectivity index (χ4v) is 3.86. The summed E-state index contributed by atoms with van der Waals surface area (Å²) in [6, 6.07) is 7.57. The van der Waals surface area contributed by atoms with Gasteiger partial charge in [0.05, 0.1) is 12.6 Å². The fourth-order valence-electron chi connectivity index (χ4n) is 2.56. The van der Waals surface area contributed by atoms with Crippen molar-refractivity contribution < 1.29 is 14.0 Å². The number of hydrogen-bond donors (Lipinski definition) is 2. The lowest BCUT2D eigenvalue weighted by Crippen LogP contribution is -2.39. The first kappa shape index (κ1) is 17.7. The minimum atomic E-state index is -0.483. The molecule has 0 saturated heterocycles. The number of rotatable bonds is 4. The number of benzene rings is 1. The second kappa shape index (κ2) is 7.84. The van der Waals surface area contributed by atoms with Gasteiger partial charge in [-0.05, 0) is 30.2 Å². The Kier molecular flexibility index (Phi) is 5.55. The van der Waals surface area contributed by atoms with Crippen LogP contribution >= 0.6 is 23.4 Å². The number of pyridine rings is 1. The van der Waals surface area contributed by atoms with Crippen LogP contribution in [0.5, 0.6) is 0 Å². The standard InChI is InChI=1S/C17H15ClFN3O2S/c18-10-4-6-20-14(8-10)17(24)21-9-15(23)22-13-5-7-25-16-11(13)2-1-3-12(16)19/h1-4,6,8,13H,5,7,9H2,(H,21,24)(H,22,23)/t13-/m1/s1. The number of aromatic nitrogens is 1.